The van der Waals surface area contributed by atoms with E-state index in [9.17, 15) is 13.2 Å². The van der Waals surface area contributed by atoms with E-state index in [-0.39, 0.29) is 18.1 Å². The molecule has 0 amide bonds. The van der Waals surface area contributed by atoms with Gasteiger partial charge in [-0.25, -0.2) is 0 Å². The van der Waals surface area contributed by atoms with Crippen LogP contribution >= 0.6 is 0 Å². The Hall–Kier alpha value is -0.490. The molecule has 1 unspecified atom stereocenters. The van der Waals surface area contributed by atoms with E-state index in [1.54, 1.807) is 21.3 Å². The molecule has 0 aromatic heterocycles. The first kappa shape index (κ1) is 73.9. The van der Waals surface area contributed by atoms with Crippen LogP contribution in [0, 0.1) is 41.4 Å². The fourth-order valence-corrected chi connectivity index (χ4v) is 4.60. The van der Waals surface area contributed by atoms with Crippen LogP contribution in [0.1, 0.15) is 197 Å². The number of ether oxygens (including phenoxy) is 7. The Balaban J connectivity index is -0.000000110. The minimum absolute atomic E-state index is 0.0723. The maximum atomic E-state index is 11.3. The topological polar surface area (TPSA) is 64.6 Å². The lowest BCUT2D eigenvalue weighted by Gasteiger charge is -2.26. The summed E-state index contributed by atoms with van der Waals surface area (Å²) in [4.78, 5) is 0. The fraction of sp³-hybridized carbons (Fsp3) is 1.00. The van der Waals surface area contributed by atoms with Gasteiger partial charge in [0.05, 0.1) is 24.4 Å². The SMILES string of the molecule is CC(C)CCOC(C)C.CC(C)CCOC(F)(F)F.CCOC(C)(C)CC(C)C.CCOCCC(C)C.COC(C)CC(C)C.COCCC(C)C.COCCCC(C)C. The van der Waals surface area contributed by atoms with Crippen LogP contribution in [0.5, 0.6) is 0 Å². The number of rotatable bonds is 25. The van der Waals surface area contributed by atoms with Crippen molar-refractivity contribution in [2.24, 2.45) is 41.4 Å². The molecule has 60 heavy (non-hydrogen) atoms. The predicted octanol–water partition coefficient (Wildman–Crippen LogP) is 15.8. The van der Waals surface area contributed by atoms with Crippen LogP contribution in [0.4, 0.5) is 13.2 Å². The molecule has 0 fully saturated rings. The highest BCUT2D eigenvalue weighted by molar-refractivity contribution is 4.69. The lowest BCUT2D eigenvalue weighted by atomic mass is 9.96. The highest BCUT2D eigenvalue weighted by atomic mass is 19.4. The summed E-state index contributed by atoms with van der Waals surface area (Å²) in [5.41, 5.74) is 0.0723. The first-order valence-corrected chi connectivity index (χ1v) is 23.5. The van der Waals surface area contributed by atoms with E-state index in [4.69, 9.17) is 28.4 Å². The lowest BCUT2D eigenvalue weighted by molar-refractivity contribution is -0.325. The summed E-state index contributed by atoms with van der Waals surface area (Å²) in [6.07, 6.45) is 5.13. The van der Waals surface area contributed by atoms with E-state index in [1.807, 2.05) is 27.7 Å². The molecule has 0 bridgehead atoms. The van der Waals surface area contributed by atoms with Crippen LogP contribution < -0.4 is 0 Å². The van der Waals surface area contributed by atoms with Crippen molar-refractivity contribution in [2.45, 2.75) is 221 Å². The standard InChI is InChI=1S/C9H20O.C8H18O.3C7H16O.C6H11F3O.C6H14O/c1-6-10-9(4,5)7-8(2)3;1-7(2)5-6-9-8(3)4;1-6(2)5-7(3)8-4;1-7(2)5-4-6-8-3;1-4-8-6-5-7(2)3;1-5(2)3-4-10-6(7,8)9;1-6(2)4-5-7-3/h8H,6-7H2,1-5H3;7-8H,5-6H2,1-4H3;6-7H,5H2,1-4H3;2*7H,4-6H2,1-3H3;5H,3-4H2,1-2H3;6H,4-5H2,1-3H3. The highest BCUT2D eigenvalue weighted by Gasteiger charge is 2.28. The molecule has 0 spiro atoms. The molecular formula is C50H111F3O7. The molecule has 1 atom stereocenters. The highest BCUT2D eigenvalue weighted by Crippen LogP contribution is 2.19. The summed E-state index contributed by atoms with van der Waals surface area (Å²) in [5, 5.41) is 0. The maximum absolute atomic E-state index is 11.3. The molecule has 0 saturated carbocycles. The first-order valence-electron chi connectivity index (χ1n) is 23.5. The minimum atomic E-state index is -4.46. The fourth-order valence-electron chi connectivity index (χ4n) is 4.60. The molecule has 0 radical (unpaired) electrons. The van der Waals surface area contributed by atoms with Gasteiger partial charge in [0.25, 0.3) is 0 Å². The van der Waals surface area contributed by atoms with E-state index in [0.717, 1.165) is 88.0 Å². The third kappa shape index (κ3) is 107. The Morgan fingerprint density at radius 1 is 0.450 bits per heavy atom. The van der Waals surface area contributed by atoms with Gasteiger partial charge in [0, 0.05) is 61.0 Å². The van der Waals surface area contributed by atoms with Gasteiger partial charge in [-0.05, 0) is 141 Å². The Morgan fingerprint density at radius 2 is 0.867 bits per heavy atom. The number of hydrogen-bond donors (Lipinski definition) is 0. The van der Waals surface area contributed by atoms with Gasteiger partial charge in [0.15, 0.2) is 0 Å². The van der Waals surface area contributed by atoms with Crippen molar-refractivity contribution in [1.82, 2.24) is 0 Å². The second kappa shape index (κ2) is 52.9. The lowest BCUT2D eigenvalue weighted by Crippen LogP contribution is -2.26. The van der Waals surface area contributed by atoms with Crippen molar-refractivity contribution in [1.29, 1.82) is 0 Å². The normalized spacial score (nSPS) is 11.8. The van der Waals surface area contributed by atoms with Crippen LogP contribution in [0.15, 0.2) is 0 Å². The average Bonchev–Trinajstić information content (AvgIpc) is 3.07. The van der Waals surface area contributed by atoms with Crippen molar-refractivity contribution in [3.63, 3.8) is 0 Å². The van der Waals surface area contributed by atoms with Crippen molar-refractivity contribution in [3.05, 3.63) is 0 Å². The third-order valence-electron chi connectivity index (χ3n) is 7.82. The van der Waals surface area contributed by atoms with E-state index < -0.39 is 6.36 Å². The summed E-state index contributed by atoms with van der Waals surface area (Å²) >= 11 is 0. The van der Waals surface area contributed by atoms with Crippen LogP contribution in [0.3, 0.4) is 0 Å². The van der Waals surface area contributed by atoms with Crippen LogP contribution in [0.25, 0.3) is 0 Å². The molecule has 0 aromatic carbocycles. The zero-order valence-corrected chi connectivity index (χ0v) is 44.8. The Bertz CT molecular complexity index is 720. The summed E-state index contributed by atoms with van der Waals surface area (Å²) in [7, 11) is 5.25. The van der Waals surface area contributed by atoms with Crippen LogP contribution in [0.2, 0.25) is 0 Å². The molecule has 374 valence electrons. The number of methoxy groups -OCH3 is 3. The molecule has 0 heterocycles. The van der Waals surface area contributed by atoms with Gasteiger partial charge in [-0.3, -0.25) is 4.74 Å². The minimum Gasteiger partial charge on any atom is -0.385 e. The van der Waals surface area contributed by atoms with Gasteiger partial charge < -0.3 is 28.4 Å². The summed E-state index contributed by atoms with van der Waals surface area (Å²) < 4.78 is 68.2. The van der Waals surface area contributed by atoms with Gasteiger partial charge >= 0.3 is 6.36 Å². The Morgan fingerprint density at radius 3 is 1.15 bits per heavy atom. The first-order chi connectivity index (χ1) is 27.5. The van der Waals surface area contributed by atoms with Gasteiger partial charge in [0.2, 0.25) is 0 Å². The van der Waals surface area contributed by atoms with Crippen molar-refractivity contribution < 1.29 is 46.3 Å². The second-order valence-electron chi connectivity index (χ2n) is 19.1. The molecule has 10 heteroatoms. The largest absolute Gasteiger partial charge is 0.522 e. The number of alkyl halides is 3. The smallest absolute Gasteiger partial charge is 0.385 e. The number of halogens is 3. The van der Waals surface area contributed by atoms with Gasteiger partial charge in [0.1, 0.15) is 0 Å². The molecule has 0 rings (SSSR count). The molecular weight excluding hydrogens is 770 g/mol. The Kier molecular flexibility index (Phi) is 65.1. The summed E-state index contributed by atoms with van der Waals surface area (Å²) in [6, 6.07) is 0. The van der Waals surface area contributed by atoms with E-state index in [1.165, 1.54) is 32.1 Å². The number of hydrogen-bond acceptors (Lipinski definition) is 7. The summed E-state index contributed by atoms with van der Waals surface area (Å²) in [6.45, 7) is 49.9. The Labute approximate surface area is 375 Å². The zero-order chi connectivity index (χ0) is 48.8. The molecule has 0 aliphatic rings. The average molecular weight is 881 g/mol. The van der Waals surface area contributed by atoms with Crippen molar-refractivity contribution in [2.75, 3.05) is 67.6 Å². The van der Waals surface area contributed by atoms with Crippen LogP contribution in [-0.4, -0.2) is 91.7 Å². The summed E-state index contributed by atoms with van der Waals surface area (Å²) in [5.74, 6) is 4.88. The van der Waals surface area contributed by atoms with Crippen LogP contribution in [-0.2, 0) is 33.2 Å². The quantitative estimate of drug-likeness (QED) is 0.0846. The predicted molar refractivity (Wildman–Crippen MR) is 256 cm³/mol. The van der Waals surface area contributed by atoms with Crippen molar-refractivity contribution >= 4 is 0 Å². The third-order valence-corrected chi connectivity index (χ3v) is 7.82. The van der Waals surface area contributed by atoms with E-state index in [2.05, 4.69) is 122 Å². The van der Waals surface area contributed by atoms with Gasteiger partial charge in [-0.2, -0.15) is 0 Å². The monoisotopic (exact) mass is 881 g/mol. The van der Waals surface area contributed by atoms with E-state index >= 15 is 0 Å². The maximum Gasteiger partial charge on any atom is 0.522 e. The van der Waals surface area contributed by atoms with Gasteiger partial charge in [-0.15, -0.1) is 13.2 Å². The molecule has 0 N–H and O–H groups in total. The van der Waals surface area contributed by atoms with E-state index in [0.29, 0.717) is 18.6 Å². The molecule has 0 aliphatic heterocycles. The molecule has 0 aliphatic carbocycles. The second-order valence-corrected chi connectivity index (χ2v) is 19.1. The molecule has 7 nitrogen and oxygen atoms in total. The van der Waals surface area contributed by atoms with Gasteiger partial charge in [-0.1, -0.05) is 96.9 Å². The molecule has 0 saturated heterocycles. The molecule has 0 aromatic rings. The van der Waals surface area contributed by atoms with Crippen molar-refractivity contribution in [3.8, 4) is 0 Å². The zero-order valence-electron chi connectivity index (χ0n) is 44.8.